The standard InChI is InChI=1S/C29H43N5O5S/c1-9-22(10-2)39-28-32-26(33-34(28)19-37-13-14-40(6,7)8)21-11-12-24(30-16-21)23-17-31-25(15-20(23)3)38-18-29(4,5)27(35)36/h11-12,15-17,22H,9-10,13-14,18-19H2,1-8H3,(H,35,36). The van der Waals surface area contributed by atoms with Gasteiger partial charge in [0, 0.05) is 35.3 Å². The molecule has 1 N–H and O–H groups in total. The summed E-state index contributed by atoms with van der Waals surface area (Å²) in [6.45, 7) is 10.3. The second-order valence-corrected chi connectivity index (χ2v) is 15.9. The first-order valence-corrected chi connectivity index (χ1v) is 16.5. The lowest BCUT2D eigenvalue weighted by Crippen LogP contribution is -2.30. The Bertz CT molecular complexity index is 1270. The van der Waals surface area contributed by atoms with Crippen molar-refractivity contribution >= 4 is 16.0 Å². The first-order chi connectivity index (χ1) is 18.8. The number of aromatic nitrogens is 5. The van der Waals surface area contributed by atoms with Crippen LogP contribution in [-0.4, -0.2) is 79.6 Å². The van der Waals surface area contributed by atoms with Gasteiger partial charge in [-0.1, -0.05) is 13.8 Å². The van der Waals surface area contributed by atoms with Crippen LogP contribution in [0.25, 0.3) is 22.6 Å². The van der Waals surface area contributed by atoms with Gasteiger partial charge in [-0.2, -0.15) is 9.67 Å². The molecule has 10 nitrogen and oxygen atoms in total. The van der Waals surface area contributed by atoms with E-state index in [2.05, 4.69) is 52.7 Å². The van der Waals surface area contributed by atoms with Gasteiger partial charge in [-0.15, -0.1) is 5.10 Å². The van der Waals surface area contributed by atoms with Gasteiger partial charge in [0.05, 0.1) is 17.7 Å². The zero-order chi connectivity index (χ0) is 29.5. The Morgan fingerprint density at radius 3 is 2.42 bits per heavy atom. The zero-order valence-electron chi connectivity index (χ0n) is 24.9. The van der Waals surface area contributed by atoms with Crippen molar-refractivity contribution in [1.82, 2.24) is 24.7 Å². The van der Waals surface area contributed by atoms with Gasteiger partial charge >= 0.3 is 12.0 Å². The Morgan fingerprint density at radius 1 is 1.12 bits per heavy atom. The van der Waals surface area contributed by atoms with E-state index in [1.807, 2.05) is 19.1 Å². The molecule has 0 aliphatic heterocycles. The topological polar surface area (TPSA) is 121 Å². The molecule has 0 unspecified atom stereocenters. The highest BCUT2D eigenvalue weighted by atomic mass is 32.3. The van der Waals surface area contributed by atoms with Crippen LogP contribution in [0.15, 0.2) is 30.6 Å². The van der Waals surface area contributed by atoms with Crippen LogP contribution in [0.3, 0.4) is 0 Å². The molecular formula is C29H43N5O5S. The lowest BCUT2D eigenvalue weighted by molar-refractivity contribution is -0.148. The normalized spacial score (nSPS) is 12.5. The molecule has 0 saturated heterocycles. The Hall–Kier alpha value is -3.18. The minimum Gasteiger partial charge on any atom is -0.481 e. The van der Waals surface area contributed by atoms with Crippen molar-refractivity contribution in [3.63, 3.8) is 0 Å². The Balaban J connectivity index is 1.77. The predicted octanol–water partition coefficient (Wildman–Crippen LogP) is 5.44. The summed E-state index contributed by atoms with van der Waals surface area (Å²) in [7, 11) is -0.641. The molecule has 0 aromatic carbocycles. The first-order valence-electron chi connectivity index (χ1n) is 13.5. The summed E-state index contributed by atoms with van der Waals surface area (Å²) in [5, 5.41) is 14.0. The van der Waals surface area contributed by atoms with Crippen molar-refractivity contribution in [3.05, 3.63) is 36.2 Å². The van der Waals surface area contributed by atoms with Crippen molar-refractivity contribution in [3.8, 4) is 34.5 Å². The Labute approximate surface area is 238 Å². The maximum Gasteiger partial charge on any atom is 0.317 e. The second-order valence-electron chi connectivity index (χ2n) is 11.4. The fourth-order valence-corrected chi connectivity index (χ4v) is 4.18. The summed E-state index contributed by atoms with van der Waals surface area (Å²) >= 11 is 0. The number of ether oxygens (including phenoxy) is 3. The van der Waals surface area contributed by atoms with Gasteiger partial charge < -0.3 is 19.3 Å². The van der Waals surface area contributed by atoms with Gasteiger partial charge in [-0.3, -0.25) is 9.78 Å². The molecule has 0 spiro atoms. The smallest absolute Gasteiger partial charge is 0.317 e. The molecule has 0 aliphatic rings. The van der Waals surface area contributed by atoms with E-state index in [-0.39, 0.29) is 19.4 Å². The molecule has 0 bridgehead atoms. The molecule has 3 rings (SSSR count). The quantitative estimate of drug-likeness (QED) is 0.237. The van der Waals surface area contributed by atoms with Crippen molar-refractivity contribution in [2.75, 3.05) is 37.7 Å². The van der Waals surface area contributed by atoms with Crippen molar-refractivity contribution in [2.24, 2.45) is 5.41 Å². The number of carbonyl (C=O) groups is 1. The summed E-state index contributed by atoms with van der Waals surface area (Å²) in [4.78, 5) is 25.0. The van der Waals surface area contributed by atoms with E-state index in [1.54, 1.807) is 37.0 Å². The van der Waals surface area contributed by atoms with E-state index in [4.69, 9.17) is 14.2 Å². The van der Waals surface area contributed by atoms with Crippen molar-refractivity contribution in [2.45, 2.75) is 60.3 Å². The first kappa shape index (κ1) is 31.3. The fourth-order valence-electron chi connectivity index (χ4n) is 3.56. The number of carboxylic acid groups (broad SMARTS) is 1. The van der Waals surface area contributed by atoms with Gasteiger partial charge in [0.25, 0.3) is 0 Å². The van der Waals surface area contributed by atoms with Crippen molar-refractivity contribution in [1.29, 1.82) is 0 Å². The van der Waals surface area contributed by atoms with Gasteiger partial charge in [0.2, 0.25) is 5.88 Å². The molecule has 3 heterocycles. The maximum atomic E-state index is 11.3. The SMILES string of the molecule is CCC(CC)Oc1nc(-c2ccc(-c3cnc(OCC(C)(C)C(=O)O)cc3C)nc2)nn1COCCS(C)(C)C. The molecule has 0 amide bonds. The number of rotatable bonds is 15. The number of aryl methyl sites for hydroxylation is 1. The van der Waals surface area contributed by atoms with Gasteiger partial charge in [-0.25, -0.2) is 15.0 Å². The number of hydrogen-bond donors (Lipinski definition) is 1. The molecule has 0 atom stereocenters. The molecule has 220 valence electrons. The van der Waals surface area contributed by atoms with Crippen molar-refractivity contribution < 1.29 is 24.1 Å². The fraction of sp³-hybridized carbons (Fsp3) is 0.552. The molecule has 0 radical (unpaired) electrons. The van der Waals surface area contributed by atoms with Gasteiger partial charge in [-0.05, 0) is 70.1 Å². The van der Waals surface area contributed by atoms with Crippen LogP contribution in [0.2, 0.25) is 0 Å². The molecule has 0 fully saturated rings. The minimum atomic E-state index is -1.01. The summed E-state index contributed by atoms with van der Waals surface area (Å²) in [6.07, 6.45) is 12.0. The van der Waals surface area contributed by atoms with E-state index >= 15 is 0 Å². The third-order valence-corrected chi connectivity index (χ3v) is 7.81. The highest BCUT2D eigenvalue weighted by molar-refractivity contribution is 8.32. The lowest BCUT2D eigenvalue weighted by atomic mass is 9.95. The number of aliphatic carboxylic acids is 1. The third-order valence-electron chi connectivity index (χ3n) is 6.42. The number of hydrogen-bond acceptors (Lipinski definition) is 8. The van der Waals surface area contributed by atoms with E-state index in [9.17, 15) is 9.90 Å². The lowest BCUT2D eigenvalue weighted by Gasteiger charge is -2.24. The average molecular weight is 574 g/mol. The summed E-state index contributed by atoms with van der Waals surface area (Å²) in [5.74, 6) is 0.986. The van der Waals surface area contributed by atoms with Crippen LogP contribution in [0.5, 0.6) is 11.9 Å². The van der Waals surface area contributed by atoms with E-state index in [1.165, 1.54) is 0 Å². The minimum absolute atomic E-state index is 0.0202. The molecule has 11 heteroatoms. The summed E-state index contributed by atoms with van der Waals surface area (Å²) in [5.41, 5.74) is 2.26. The number of carboxylic acids is 1. The molecule has 0 saturated carbocycles. The van der Waals surface area contributed by atoms with E-state index < -0.39 is 21.4 Å². The van der Waals surface area contributed by atoms with Crippen LogP contribution in [0, 0.1) is 12.3 Å². The van der Waals surface area contributed by atoms with E-state index in [0.717, 1.165) is 41.0 Å². The monoisotopic (exact) mass is 573 g/mol. The maximum absolute atomic E-state index is 11.3. The molecular weight excluding hydrogens is 530 g/mol. The highest BCUT2D eigenvalue weighted by Crippen LogP contribution is 2.33. The van der Waals surface area contributed by atoms with Crippen LogP contribution in [0.4, 0.5) is 0 Å². The molecule has 0 aliphatic carbocycles. The van der Waals surface area contributed by atoms with Crippen LogP contribution in [-0.2, 0) is 16.3 Å². The van der Waals surface area contributed by atoms with Crippen LogP contribution >= 0.6 is 10.0 Å². The summed E-state index contributed by atoms with van der Waals surface area (Å²) in [6, 6.07) is 6.05. The zero-order valence-corrected chi connectivity index (χ0v) is 25.7. The van der Waals surface area contributed by atoms with Gasteiger partial charge in [0.1, 0.15) is 19.4 Å². The second kappa shape index (κ2) is 13.5. The third kappa shape index (κ3) is 8.66. The molecule has 40 heavy (non-hydrogen) atoms. The van der Waals surface area contributed by atoms with Gasteiger partial charge in [0.15, 0.2) is 5.82 Å². The molecule has 3 aromatic rings. The van der Waals surface area contributed by atoms with Crippen LogP contribution < -0.4 is 9.47 Å². The predicted molar refractivity (Wildman–Crippen MR) is 159 cm³/mol. The Kier molecular flexibility index (Phi) is 10.5. The highest BCUT2D eigenvalue weighted by Gasteiger charge is 2.28. The van der Waals surface area contributed by atoms with Crippen LogP contribution in [0.1, 0.15) is 46.1 Å². The Morgan fingerprint density at radius 2 is 1.85 bits per heavy atom. The number of pyridine rings is 2. The summed E-state index contributed by atoms with van der Waals surface area (Å²) < 4.78 is 19.4. The number of nitrogens with zero attached hydrogens (tertiary/aromatic N) is 5. The average Bonchev–Trinajstić information content (AvgIpc) is 3.30. The molecule has 3 aromatic heterocycles. The largest absolute Gasteiger partial charge is 0.481 e. The van der Waals surface area contributed by atoms with E-state index in [0.29, 0.717) is 24.3 Å².